The van der Waals surface area contributed by atoms with Gasteiger partial charge in [-0.3, -0.25) is 0 Å². The quantitative estimate of drug-likeness (QED) is 0.129. The van der Waals surface area contributed by atoms with Gasteiger partial charge in [0.25, 0.3) is 0 Å². The lowest BCUT2D eigenvalue weighted by molar-refractivity contribution is -0.243. The molecule has 1 aromatic heterocycles. The second-order valence-corrected chi connectivity index (χ2v) is 12.4. The van der Waals surface area contributed by atoms with E-state index in [1.54, 1.807) is 0 Å². The van der Waals surface area contributed by atoms with Gasteiger partial charge in [0.2, 0.25) is 6.29 Å². The van der Waals surface area contributed by atoms with Crippen molar-refractivity contribution in [2.45, 2.75) is 32.7 Å². The monoisotopic (exact) mass is 601 g/mol. The van der Waals surface area contributed by atoms with E-state index in [2.05, 4.69) is 127 Å². The van der Waals surface area contributed by atoms with E-state index in [0.717, 1.165) is 47.8 Å². The van der Waals surface area contributed by atoms with Gasteiger partial charge in [-0.2, -0.15) is 0 Å². The third-order valence-electron chi connectivity index (χ3n) is 8.23. The van der Waals surface area contributed by atoms with Crippen LogP contribution in [0.5, 0.6) is 0 Å². The fraction of sp³-hybridized carbons (Fsp3) is 0.308. The topological polar surface area (TPSA) is 48.8 Å². The second kappa shape index (κ2) is 14.8. The van der Waals surface area contributed by atoms with Crippen molar-refractivity contribution < 1.29 is 14.2 Å². The van der Waals surface area contributed by atoms with E-state index in [1.807, 2.05) is 18.2 Å². The van der Waals surface area contributed by atoms with E-state index >= 15 is 0 Å². The second-order valence-electron chi connectivity index (χ2n) is 12.4. The van der Waals surface area contributed by atoms with Gasteiger partial charge in [0.15, 0.2) is 5.82 Å². The maximum atomic E-state index is 6.47. The van der Waals surface area contributed by atoms with Crippen LogP contribution in [0, 0.1) is 5.41 Å². The number of hydrogen-bond donors (Lipinski definition) is 0. The Morgan fingerprint density at radius 1 is 0.778 bits per heavy atom. The third-order valence-corrected chi connectivity index (χ3v) is 8.23. The fourth-order valence-electron chi connectivity index (χ4n) is 5.87. The first-order valence-corrected chi connectivity index (χ1v) is 15.9. The van der Waals surface area contributed by atoms with Crippen molar-refractivity contribution in [3.63, 3.8) is 0 Å². The number of aromatic nitrogens is 2. The molecule has 0 bridgehead atoms. The molecule has 0 radical (unpaired) electrons. The number of nitrogens with zero attached hydrogens (tertiary/aromatic N) is 3. The van der Waals surface area contributed by atoms with Crippen molar-refractivity contribution in [1.29, 1.82) is 0 Å². The minimum Gasteiger partial charge on any atom is -0.381 e. The first-order chi connectivity index (χ1) is 22.1. The molecular formula is C39H43N3O3. The number of imidazole rings is 1. The van der Waals surface area contributed by atoms with E-state index < -0.39 is 6.29 Å². The van der Waals surface area contributed by atoms with E-state index in [-0.39, 0.29) is 5.41 Å². The molecule has 1 aliphatic heterocycles. The van der Waals surface area contributed by atoms with Gasteiger partial charge >= 0.3 is 0 Å². The molecule has 4 aromatic carbocycles. The highest BCUT2D eigenvalue weighted by Crippen LogP contribution is 2.38. The highest BCUT2D eigenvalue weighted by atomic mass is 16.7. The molecule has 1 aliphatic rings. The molecule has 0 spiro atoms. The van der Waals surface area contributed by atoms with E-state index in [1.165, 1.54) is 11.1 Å². The Kier molecular flexibility index (Phi) is 10.2. The maximum absolute atomic E-state index is 6.47. The summed E-state index contributed by atoms with van der Waals surface area (Å²) in [5, 5.41) is 0. The molecule has 5 aromatic rings. The Labute approximate surface area is 267 Å². The van der Waals surface area contributed by atoms with Gasteiger partial charge in [0.1, 0.15) is 0 Å². The van der Waals surface area contributed by atoms with Gasteiger partial charge in [0, 0.05) is 42.8 Å². The maximum Gasteiger partial charge on any atom is 0.217 e. The third kappa shape index (κ3) is 7.96. The summed E-state index contributed by atoms with van der Waals surface area (Å²) in [5.74, 6) is 0.779. The molecular weight excluding hydrogens is 558 g/mol. The minimum absolute atomic E-state index is 0.228. The van der Waals surface area contributed by atoms with Crippen LogP contribution in [0.4, 0.5) is 0 Å². The van der Waals surface area contributed by atoms with Gasteiger partial charge < -0.3 is 23.7 Å². The smallest absolute Gasteiger partial charge is 0.217 e. The summed E-state index contributed by atoms with van der Waals surface area (Å²) in [7, 11) is 2.16. The van der Waals surface area contributed by atoms with Crippen molar-refractivity contribution in [1.82, 2.24) is 14.5 Å². The highest BCUT2D eigenvalue weighted by Gasteiger charge is 2.37. The molecule has 0 amide bonds. The summed E-state index contributed by atoms with van der Waals surface area (Å²) < 4.78 is 21.4. The lowest BCUT2D eigenvalue weighted by atomic mass is 9.93. The SMILES string of the molecule is CN(CCCOCC1(C)COC(c2nc(-c3ccccc3)c(-c3ccccc3)n2Cc2ccccc2)OC1)Cc1ccccc1. The van der Waals surface area contributed by atoms with E-state index in [0.29, 0.717) is 33.0 Å². The Balaban J connectivity index is 1.15. The minimum atomic E-state index is -0.576. The average molecular weight is 602 g/mol. The first kappa shape index (κ1) is 30.9. The molecule has 2 heterocycles. The number of ether oxygens (including phenoxy) is 3. The molecule has 0 atom stereocenters. The van der Waals surface area contributed by atoms with Gasteiger partial charge in [-0.05, 0) is 24.6 Å². The number of rotatable bonds is 13. The Morgan fingerprint density at radius 3 is 1.96 bits per heavy atom. The lowest BCUT2D eigenvalue weighted by Crippen LogP contribution is -2.40. The van der Waals surface area contributed by atoms with Crippen LogP contribution in [0.1, 0.15) is 36.6 Å². The molecule has 0 aliphatic carbocycles. The van der Waals surface area contributed by atoms with Crippen LogP contribution in [-0.4, -0.2) is 54.5 Å². The fourth-order valence-corrected chi connectivity index (χ4v) is 5.87. The molecule has 0 unspecified atom stereocenters. The van der Waals surface area contributed by atoms with E-state index in [4.69, 9.17) is 19.2 Å². The zero-order valence-corrected chi connectivity index (χ0v) is 26.3. The molecule has 6 heteroatoms. The van der Waals surface area contributed by atoms with Gasteiger partial charge in [0.05, 0.1) is 31.2 Å². The van der Waals surface area contributed by atoms with Crippen LogP contribution in [0.15, 0.2) is 121 Å². The van der Waals surface area contributed by atoms with Crippen molar-refractivity contribution in [3.05, 3.63) is 138 Å². The lowest BCUT2D eigenvalue weighted by Gasteiger charge is -2.37. The molecule has 0 N–H and O–H groups in total. The largest absolute Gasteiger partial charge is 0.381 e. The average Bonchev–Trinajstić information content (AvgIpc) is 3.45. The van der Waals surface area contributed by atoms with Crippen molar-refractivity contribution in [2.24, 2.45) is 5.41 Å². The van der Waals surface area contributed by atoms with Crippen LogP contribution < -0.4 is 0 Å². The Morgan fingerprint density at radius 2 is 1.33 bits per heavy atom. The van der Waals surface area contributed by atoms with Crippen LogP contribution in [0.2, 0.25) is 0 Å². The van der Waals surface area contributed by atoms with Gasteiger partial charge in [-0.25, -0.2) is 4.98 Å². The summed E-state index contributed by atoms with van der Waals surface area (Å²) >= 11 is 0. The van der Waals surface area contributed by atoms with Crippen molar-refractivity contribution in [2.75, 3.05) is 40.0 Å². The molecule has 1 fully saturated rings. The standard InChI is InChI=1S/C39H43N3O3/c1-39(28-43-25-15-24-41(2)26-31-16-7-3-8-17-31)29-44-38(45-30-39)37-40-35(33-20-11-5-12-21-33)36(34-22-13-6-14-23-34)42(37)27-32-18-9-4-10-19-32/h3-14,16-23,38H,15,24-30H2,1-2H3. The molecule has 6 rings (SSSR count). The van der Waals surface area contributed by atoms with Crippen molar-refractivity contribution in [3.8, 4) is 22.5 Å². The predicted molar refractivity (Wildman–Crippen MR) is 180 cm³/mol. The van der Waals surface area contributed by atoms with Crippen LogP contribution in [0.25, 0.3) is 22.5 Å². The number of benzene rings is 4. The molecule has 232 valence electrons. The van der Waals surface area contributed by atoms with Crippen LogP contribution in [-0.2, 0) is 27.3 Å². The Bertz CT molecular complexity index is 1600. The summed E-state index contributed by atoms with van der Waals surface area (Å²) in [5.41, 5.74) is 6.44. The summed E-state index contributed by atoms with van der Waals surface area (Å²) in [6, 6.07) is 41.9. The molecule has 45 heavy (non-hydrogen) atoms. The molecule has 1 saturated heterocycles. The highest BCUT2D eigenvalue weighted by molar-refractivity contribution is 5.79. The van der Waals surface area contributed by atoms with Gasteiger partial charge in [-0.1, -0.05) is 128 Å². The zero-order chi connectivity index (χ0) is 30.9. The summed E-state index contributed by atoms with van der Waals surface area (Å²) in [6.07, 6.45) is 0.402. The molecule has 0 saturated carbocycles. The Hall–Kier alpha value is -4.07. The predicted octanol–water partition coefficient (Wildman–Crippen LogP) is 7.86. The van der Waals surface area contributed by atoms with Crippen LogP contribution >= 0.6 is 0 Å². The molecule has 6 nitrogen and oxygen atoms in total. The normalized spacial score (nSPS) is 18.3. The van der Waals surface area contributed by atoms with Gasteiger partial charge in [-0.15, -0.1) is 0 Å². The van der Waals surface area contributed by atoms with Crippen LogP contribution in [0.3, 0.4) is 0 Å². The zero-order valence-electron chi connectivity index (χ0n) is 26.3. The first-order valence-electron chi connectivity index (χ1n) is 15.9. The summed E-state index contributed by atoms with van der Waals surface area (Å²) in [4.78, 5) is 7.57. The summed E-state index contributed by atoms with van der Waals surface area (Å²) in [6.45, 7) is 7.12. The van der Waals surface area contributed by atoms with E-state index in [9.17, 15) is 0 Å². The number of hydrogen-bond acceptors (Lipinski definition) is 5. The van der Waals surface area contributed by atoms with Crippen molar-refractivity contribution >= 4 is 0 Å².